The minimum absolute atomic E-state index is 1.38. The maximum absolute atomic E-state index is 4.58. The molecule has 2 heteroatoms. The molecule has 0 atom stereocenters. The van der Waals surface area contributed by atoms with Gasteiger partial charge in [0.05, 0.1) is 12.5 Å². The molecule has 4 aromatic rings. The van der Waals surface area contributed by atoms with E-state index in [4.69, 9.17) is 0 Å². The lowest BCUT2D eigenvalue weighted by Gasteiger charge is -1.88. The van der Waals surface area contributed by atoms with Gasteiger partial charge in [0, 0.05) is 20.2 Å². The minimum Gasteiger partial charge on any atom is -0.473 e. The summed E-state index contributed by atoms with van der Waals surface area (Å²) in [7, 11) is 0. The largest absolute Gasteiger partial charge is 0.473 e. The quantitative estimate of drug-likeness (QED) is 0.412. The molecule has 0 saturated heterocycles. The molecule has 2 aromatic heterocycles. The van der Waals surface area contributed by atoms with E-state index >= 15 is 0 Å². The summed E-state index contributed by atoms with van der Waals surface area (Å²) in [6.07, 6.45) is 3.25. The van der Waals surface area contributed by atoms with Crippen molar-refractivity contribution in [1.82, 2.24) is 0 Å². The summed E-state index contributed by atoms with van der Waals surface area (Å²) >= 11 is 1.86. The lowest BCUT2D eigenvalue weighted by molar-refractivity contribution is 0.567. The van der Waals surface area contributed by atoms with Crippen molar-refractivity contribution in [1.29, 1.82) is 0 Å². The van der Waals surface area contributed by atoms with Crippen LogP contribution in [0, 0.1) is 0 Å². The van der Waals surface area contributed by atoms with E-state index in [9.17, 15) is 0 Å². The van der Waals surface area contributed by atoms with Crippen molar-refractivity contribution in [3.63, 3.8) is 0 Å². The molecule has 2 aromatic carbocycles. The van der Waals surface area contributed by atoms with Crippen LogP contribution in [-0.2, 0) is 0 Å². The zero-order valence-electron chi connectivity index (χ0n) is 9.74. The molecule has 0 aliphatic heterocycles. The van der Waals surface area contributed by atoms with Crippen LogP contribution in [0.5, 0.6) is 0 Å². The molecule has 0 spiro atoms. The van der Waals surface area contributed by atoms with Gasteiger partial charge in [0.15, 0.2) is 0 Å². The fourth-order valence-electron chi connectivity index (χ4n) is 1.90. The summed E-state index contributed by atoms with van der Waals surface area (Å²) in [6, 6.07) is 20.8. The molecule has 0 radical (unpaired) electrons. The van der Waals surface area contributed by atoms with Crippen LogP contribution >= 0.6 is 11.3 Å². The predicted octanol–water partition coefficient (Wildman–Crippen LogP) is 5.33. The average molecular weight is 252 g/mol. The second-order valence-electron chi connectivity index (χ2n) is 3.89. The maximum atomic E-state index is 4.58. The van der Waals surface area contributed by atoms with Gasteiger partial charge < -0.3 is 4.42 Å². The third-order valence-electron chi connectivity index (χ3n) is 2.71. The number of fused-ring (bicyclic) bond motifs is 3. The van der Waals surface area contributed by atoms with Gasteiger partial charge >= 0.3 is 0 Å². The summed E-state index contributed by atoms with van der Waals surface area (Å²) < 4.78 is 7.34. The van der Waals surface area contributed by atoms with Crippen LogP contribution in [0.3, 0.4) is 0 Å². The third kappa shape index (κ3) is 2.15. The molecule has 0 fully saturated rings. The van der Waals surface area contributed by atoms with Crippen molar-refractivity contribution >= 4 is 31.5 Å². The van der Waals surface area contributed by atoms with Crippen LogP contribution in [0.2, 0.25) is 0 Å². The topological polar surface area (TPSA) is 13.1 Å². The van der Waals surface area contributed by atoms with E-state index in [1.807, 2.05) is 23.5 Å². The number of hydrogen-bond donors (Lipinski definition) is 0. The molecule has 18 heavy (non-hydrogen) atoms. The molecule has 1 nitrogen and oxygen atoms in total. The van der Waals surface area contributed by atoms with E-state index in [-0.39, 0.29) is 0 Å². The third-order valence-corrected chi connectivity index (χ3v) is 3.86. The highest BCUT2D eigenvalue weighted by molar-refractivity contribution is 7.25. The standard InChI is InChI=1S/C12H8S.C4H4O/c1-3-7-11-9(5-1)10-6-2-4-8-12(10)13-11;1-2-4-5-3-1/h1-8H;1-4H. The molecule has 0 amide bonds. The van der Waals surface area contributed by atoms with Crippen molar-refractivity contribution in [3.05, 3.63) is 73.2 Å². The lowest BCUT2D eigenvalue weighted by atomic mass is 10.2. The Morgan fingerprint density at radius 1 is 0.611 bits per heavy atom. The normalized spacial score (nSPS) is 10.2. The molecule has 0 aliphatic rings. The summed E-state index contributed by atoms with van der Waals surface area (Å²) in [5, 5.41) is 2.76. The van der Waals surface area contributed by atoms with Gasteiger partial charge in [0.2, 0.25) is 0 Å². The molecule has 0 aliphatic carbocycles. The van der Waals surface area contributed by atoms with Crippen LogP contribution in [0.4, 0.5) is 0 Å². The Morgan fingerprint density at radius 2 is 1.11 bits per heavy atom. The lowest BCUT2D eigenvalue weighted by Crippen LogP contribution is -1.62. The van der Waals surface area contributed by atoms with Crippen LogP contribution in [0.25, 0.3) is 20.2 Å². The fraction of sp³-hybridized carbons (Fsp3) is 0. The minimum atomic E-state index is 1.38. The van der Waals surface area contributed by atoms with E-state index in [0.717, 1.165) is 0 Å². The second kappa shape index (κ2) is 5.07. The fourth-order valence-corrected chi connectivity index (χ4v) is 3.01. The Balaban J connectivity index is 0.000000169. The first-order chi connectivity index (χ1) is 8.95. The Bertz CT molecular complexity index is 670. The first-order valence-electron chi connectivity index (χ1n) is 5.78. The Labute approximate surface area is 109 Å². The smallest absolute Gasteiger partial charge is 0.0902 e. The average Bonchev–Trinajstić information content (AvgIpc) is 3.10. The van der Waals surface area contributed by atoms with Gasteiger partial charge in [0.25, 0.3) is 0 Å². The van der Waals surface area contributed by atoms with E-state index in [1.165, 1.54) is 20.2 Å². The second-order valence-corrected chi connectivity index (χ2v) is 4.97. The van der Waals surface area contributed by atoms with Crippen molar-refractivity contribution in [2.45, 2.75) is 0 Å². The molecule has 0 N–H and O–H groups in total. The Hall–Kier alpha value is -2.06. The Kier molecular flexibility index (Phi) is 3.11. The van der Waals surface area contributed by atoms with E-state index in [0.29, 0.717) is 0 Å². The molecule has 0 saturated carbocycles. The molecule has 0 bridgehead atoms. The predicted molar refractivity (Wildman–Crippen MR) is 78.0 cm³/mol. The number of thiophene rings is 1. The van der Waals surface area contributed by atoms with Crippen molar-refractivity contribution in [2.24, 2.45) is 0 Å². The van der Waals surface area contributed by atoms with Crippen LogP contribution < -0.4 is 0 Å². The molecule has 0 unspecified atom stereocenters. The zero-order valence-corrected chi connectivity index (χ0v) is 10.6. The SMILES string of the molecule is c1ccc2c(c1)sc1ccccc12.c1ccoc1. The number of rotatable bonds is 0. The summed E-state index contributed by atoms with van der Waals surface area (Å²) in [5.41, 5.74) is 0. The van der Waals surface area contributed by atoms with Gasteiger partial charge in [-0.25, -0.2) is 0 Å². The summed E-state index contributed by atoms with van der Waals surface area (Å²) in [5.74, 6) is 0. The highest BCUT2D eigenvalue weighted by Gasteiger charge is 2.01. The van der Waals surface area contributed by atoms with Crippen LogP contribution in [0.1, 0.15) is 0 Å². The summed E-state index contributed by atoms with van der Waals surface area (Å²) in [6.45, 7) is 0. The van der Waals surface area contributed by atoms with E-state index in [1.54, 1.807) is 12.5 Å². The number of furan rings is 1. The summed E-state index contributed by atoms with van der Waals surface area (Å²) in [4.78, 5) is 0. The Morgan fingerprint density at radius 3 is 1.56 bits per heavy atom. The highest BCUT2D eigenvalue weighted by Crippen LogP contribution is 2.32. The van der Waals surface area contributed by atoms with Gasteiger partial charge in [-0.3, -0.25) is 0 Å². The van der Waals surface area contributed by atoms with Crippen molar-refractivity contribution in [2.75, 3.05) is 0 Å². The maximum Gasteiger partial charge on any atom is 0.0902 e. The van der Waals surface area contributed by atoms with Crippen molar-refractivity contribution < 1.29 is 4.42 Å². The van der Waals surface area contributed by atoms with Crippen molar-refractivity contribution in [3.8, 4) is 0 Å². The number of benzene rings is 2. The van der Waals surface area contributed by atoms with Gasteiger partial charge in [0.1, 0.15) is 0 Å². The first kappa shape index (κ1) is 11.1. The van der Waals surface area contributed by atoms with Gasteiger partial charge in [-0.15, -0.1) is 11.3 Å². The zero-order chi connectivity index (χ0) is 12.2. The molecular formula is C16H12OS. The molecule has 4 rings (SSSR count). The van der Waals surface area contributed by atoms with Crippen LogP contribution in [-0.4, -0.2) is 0 Å². The number of hydrogen-bond acceptors (Lipinski definition) is 2. The van der Waals surface area contributed by atoms with E-state index in [2.05, 4.69) is 52.9 Å². The van der Waals surface area contributed by atoms with Gasteiger partial charge in [-0.2, -0.15) is 0 Å². The van der Waals surface area contributed by atoms with Crippen LogP contribution in [0.15, 0.2) is 77.6 Å². The molecular weight excluding hydrogens is 240 g/mol. The molecule has 2 heterocycles. The first-order valence-corrected chi connectivity index (χ1v) is 6.60. The van der Waals surface area contributed by atoms with Gasteiger partial charge in [-0.1, -0.05) is 36.4 Å². The van der Waals surface area contributed by atoms with Gasteiger partial charge in [-0.05, 0) is 24.3 Å². The highest BCUT2D eigenvalue weighted by atomic mass is 32.1. The monoisotopic (exact) mass is 252 g/mol. The molecule has 88 valence electrons. The van der Waals surface area contributed by atoms with E-state index < -0.39 is 0 Å².